The van der Waals surface area contributed by atoms with Gasteiger partial charge in [-0.2, -0.15) is 4.31 Å². The standard InChI is InChI=1S/C19H20FN3O4S/c1-21-17-7-6-16(11-18(17)22(2)19(21)24)28(25,26)23-9-8-15(12-23)27-14-5-3-4-13(20)10-14/h3-7,10-11,15H,8-9,12H2,1-2H3. The fraction of sp³-hybridized carbons (Fsp3) is 0.316. The Balaban J connectivity index is 1.58. The second kappa shape index (κ2) is 6.75. The number of ether oxygens (including phenoxy) is 1. The number of nitrogens with zero attached hydrogens (tertiary/aromatic N) is 3. The van der Waals surface area contributed by atoms with E-state index >= 15 is 0 Å². The first kappa shape index (κ1) is 18.7. The lowest BCUT2D eigenvalue weighted by molar-refractivity contribution is 0.214. The highest BCUT2D eigenvalue weighted by atomic mass is 32.2. The van der Waals surface area contributed by atoms with Gasteiger partial charge in [0, 0.05) is 26.7 Å². The van der Waals surface area contributed by atoms with Crippen LogP contribution >= 0.6 is 0 Å². The largest absolute Gasteiger partial charge is 0.489 e. The molecule has 0 amide bonds. The topological polar surface area (TPSA) is 73.5 Å². The second-order valence-corrected chi connectivity index (χ2v) is 8.84. The van der Waals surface area contributed by atoms with Gasteiger partial charge in [-0.3, -0.25) is 9.13 Å². The van der Waals surface area contributed by atoms with Crippen molar-refractivity contribution >= 4 is 21.1 Å². The van der Waals surface area contributed by atoms with Gasteiger partial charge in [-0.05, 0) is 36.8 Å². The summed E-state index contributed by atoms with van der Waals surface area (Å²) in [6.45, 7) is 0.499. The van der Waals surface area contributed by atoms with Crippen molar-refractivity contribution < 1.29 is 17.5 Å². The minimum atomic E-state index is -3.73. The number of rotatable bonds is 4. The summed E-state index contributed by atoms with van der Waals surface area (Å²) in [4.78, 5) is 12.2. The average molecular weight is 405 g/mol. The second-order valence-electron chi connectivity index (χ2n) is 6.90. The Morgan fingerprint density at radius 3 is 2.57 bits per heavy atom. The van der Waals surface area contributed by atoms with Crippen molar-refractivity contribution in [3.8, 4) is 5.75 Å². The Bertz CT molecular complexity index is 1220. The summed E-state index contributed by atoms with van der Waals surface area (Å²) < 4.78 is 49.4. The van der Waals surface area contributed by atoms with Crippen LogP contribution in [0.3, 0.4) is 0 Å². The minimum absolute atomic E-state index is 0.132. The number of benzene rings is 2. The van der Waals surface area contributed by atoms with Gasteiger partial charge in [-0.1, -0.05) is 6.07 Å². The number of hydrogen-bond acceptors (Lipinski definition) is 4. The molecule has 28 heavy (non-hydrogen) atoms. The molecule has 0 aliphatic carbocycles. The quantitative estimate of drug-likeness (QED) is 0.664. The first-order chi connectivity index (χ1) is 13.3. The lowest BCUT2D eigenvalue weighted by atomic mass is 10.3. The summed E-state index contributed by atoms with van der Waals surface area (Å²) in [6, 6.07) is 10.5. The molecule has 9 heteroatoms. The Hall–Kier alpha value is -2.65. The number of imidazole rings is 1. The van der Waals surface area contributed by atoms with Crippen LogP contribution in [0.2, 0.25) is 0 Å². The van der Waals surface area contributed by atoms with Crippen LogP contribution in [0.15, 0.2) is 52.2 Å². The Morgan fingerprint density at radius 1 is 1.07 bits per heavy atom. The molecule has 1 aliphatic heterocycles. The number of aromatic nitrogens is 2. The number of hydrogen-bond donors (Lipinski definition) is 0. The molecule has 1 aliphatic rings. The molecule has 1 aromatic heterocycles. The molecule has 0 spiro atoms. The highest BCUT2D eigenvalue weighted by Gasteiger charge is 2.34. The van der Waals surface area contributed by atoms with Crippen molar-refractivity contribution in [2.24, 2.45) is 14.1 Å². The van der Waals surface area contributed by atoms with Gasteiger partial charge in [0.05, 0.1) is 22.5 Å². The van der Waals surface area contributed by atoms with Gasteiger partial charge in [0.1, 0.15) is 17.7 Å². The molecule has 2 heterocycles. The number of fused-ring (bicyclic) bond motifs is 1. The Labute approximate surface area is 161 Å². The predicted octanol–water partition coefficient (Wildman–Crippen LogP) is 1.86. The molecule has 1 saturated heterocycles. The lowest BCUT2D eigenvalue weighted by Gasteiger charge is -2.17. The third-order valence-corrected chi connectivity index (χ3v) is 6.95. The van der Waals surface area contributed by atoms with Gasteiger partial charge >= 0.3 is 5.69 Å². The lowest BCUT2D eigenvalue weighted by Crippen LogP contribution is -2.31. The van der Waals surface area contributed by atoms with Crippen molar-refractivity contribution in [3.63, 3.8) is 0 Å². The predicted molar refractivity (Wildman–Crippen MR) is 102 cm³/mol. The molecule has 148 valence electrons. The van der Waals surface area contributed by atoms with Crippen LogP contribution in [-0.4, -0.2) is 41.1 Å². The van der Waals surface area contributed by atoms with Gasteiger partial charge in [0.2, 0.25) is 10.0 Å². The maximum Gasteiger partial charge on any atom is 0.328 e. The Morgan fingerprint density at radius 2 is 1.82 bits per heavy atom. The molecule has 0 bridgehead atoms. The van der Waals surface area contributed by atoms with Gasteiger partial charge in [-0.15, -0.1) is 0 Å². The third-order valence-electron chi connectivity index (χ3n) is 5.09. The zero-order valence-electron chi connectivity index (χ0n) is 15.5. The normalized spacial score (nSPS) is 18.0. The highest BCUT2D eigenvalue weighted by molar-refractivity contribution is 7.89. The first-order valence-corrected chi connectivity index (χ1v) is 10.3. The van der Waals surface area contributed by atoms with Crippen LogP contribution in [0.25, 0.3) is 11.0 Å². The number of aryl methyl sites for hydroxylation is 2. The van der Waals surface area contributed by atoms with E-state index in [1.807, 2.05) is 0 Å². The molecular weight excluding hydrogens is 385 g/mol. The summed E-state index contributed by atoms with van der Waals surface area (Å²) in [7, 11) is -0.472. The fourth-order valence-corrected chi connectivity index (χ4v) is 5.05. The van der Waals surface area contributed by atoms with Crippen LogP contribution in [0, 0.1) is 5.82 Å². The highest BCUT2D eigenvalue weighted by Crippen LogP contribution is 2.26. The summed E-state index contributed by atoms with van der Waals surface area (Å²) >= 11 is 0. The summed E-state index contributed by atoms with van der Waals surface area (Å²) in [5, 5.41) is 0. The maximum atomic E-state index is 13.3. The molecule has 3 aromatic rings. The van der Waals surface area contributed by atoms with Crippen LogP contribution in [0.4, 0.5) is 4.39 Å². The SMILES string of the molecule is Cn1c(=O)n(C)c2cc(S(=O)(=O)N3CCC(Oc4cccc(F)c4)C3)ccc21. The molecule has 1 fully saturated rings. The van der Waals surface area contributed by atoms with E-state index in [4.69, 9.17) is 4.74 Å². The zero-order chi connectivity index (χ0) is 20.1. The van der Waals surface area contributed by atoms with Crippen LogP contribution in [0.1, 0.15) is 6.42 Å². The van der Waals surface area contributed by atoms with Crippen LogP contribution in [0.5, 0.6) is 5.75 Å². The van der Waals surface area contributed by atoms with Crippen molar-refractivity contribution in [3.05, 3.63) is 58.8 Å². The summed E-state index contributed by atoms with van der Waals surface area (Å²) in [6.07, 6.45) is 0.170. The van der Waals surface area contributed by atoms with E-state index in [1.165, 1.54) is 37.7 Å². The van der Waals surface area contributed by atoms with Crippen molar-refractivity contribution in [1.29, 1.82) is 0 Å². The van der Waals surface area contributed by atoms with E-state index in [1.54, 1.807) is 32.3 Å². The minimum Gasteiger partial charge on any atom is -0.489 e. The number of halogens is 1. The van der Waals surface area contributed by atoms with E-state index < -0.39 is 15.8 Å². The molecule has 2 aromatic carbocycles. The van der Waals surface area contributed by atoms with Crippen molar-refractivity contribution in [2.45, 2.75) is 17.4 Å². The van der Waals surface area contributed by atoms with Crippen LogP contribution in [-0.2, 0) is 24.1 Å². The molecule has 4 rings (SSSR count). The molecule has 0 N–H and O–H groups in total. The number of sulfonamides is 1. The van der Waals surface area contributed by atoms with E-state index in [9.17, 15) is 17.6 Å². The molecule has 0 saturated carbocycles. The molecular formula is C19H20FN3O4S. The smallest absolute Gasteiger partial charge is 0.328 e. The third kappa shape index (κ3) is 3.10. The Kier molecular flexibility index (Phi) is 4.51. The summed E-state index contributed by atoms with van der Waals surface area (Å²) in [5.41, 5.74) is 1.01. The molecule has 1 unspecified atom stereocenters. The maximum absolute atomic E-state index is 13.3. The first-order valence-electron chi connectivity index (χ1n) is 8.85. The fourth-order valence-electron chi connectivity index (χ4n) is 3.54. The van der Waals surface area contributed by atoms with Gasteiger partial charge in [0.25, 0.3) is 0 Å². The molecule has 1 atom stereocenters. The van der Waals surface area contributed by atoms with Gasteiger partial charge < -0.3 is 4.74 Å². The van der Waals surface area contributed by atoms with E-state index in [-0.39, 0.29) is 23.2 Å². The summed E-state index contributed by atoms with van der Waals surface area (Å²) in [5.74, 6) is -0.0216. The molecule has 7 nitrogen and oxygen atoms in total. The van der Waals surface area contributed by atoms with Crippen LogP contribution < -0.4 is 10.4 Å². The monoisotopic (exact) mass is 405 g/mol. The molecule has 0 radical (unpaired) electrons. The van der Waals surface area contributed by atoms with Crippen molar-refractivity contribution in [1.82, 2.24) is 13.4 Å². The van der Waals surface area contributed by atoms with E-state index in [0.717, 1.165) is 0 Å². The van der Waals surface area contributed by atoms with E-state index in [2.05, 4.69) is 0 Å². The van der Waals surface area contributed by atoms with E-state index in [0.29, 0.717) is 29.7 Å². The van der Waals surface area contributed by atoms with Gasteiger partial charge in [-0.25, -0.2) is 17.6 Å². The zero-order valence-corrected chi connectivity index (χ0v) is 16.3. The van der Waals surface area contributed by atoms with Crippen molar-refractivity contribution in [2.75, 3.05) is 13.1 Å². The average Bonchev–Trinajstić information content (AvgIpc) is 3.22. The van der Waals surface area contributed by atoms with Gasteiger partial charge in [0.15, 0.2) is 0 Å².